The minimum atomic E-state index is -0.884. The second-order valence-corrected chi connectivity index (χ2v) is 7.83. The Bertz CT molecular complexity index is 950. The van der Waals surface area contributed by atoms with E-state index in [1.54, 1.807) is 21.4 Å². The fourth-order valence-electron chi connectivity index (χ4n) is 4.29. The molecular weight excluding hydrogens is 386 g/mol. The van der Waals surface area contributed by atoms with Crippen LogP contribution in [0.2, 0.25) is 0 Å². The summed E-state index contributed by atoms with van der Waals surface area (Å²) in [6, 6.07) is 9.37. The predicted octanol–water partition coefficient (Wildman–Crippen LogP) is 0.827. The Morgan fingerprint density at radius 2 is 1.83 bits per heavy atom. The fourth-order valence-corrected chi connectivity index (χ4v) is 4.29. The van der Waals surface area contributed by atoms with Gasteiger partial charge in [0, 0.05) is 33.1 Å². The van der Waals surface area contributed by atoms with Crippen LogP contribution in [0.4, 0.5) is 4.79 Å². The first kappa shape index (κ1) is 20.0. The van der Waals surface area contributed by atoms with Crippen molar-refractivity contribution >= 4 is 17.8 Å². The van der Waals surface area contributed by atoms with Crippen LogP contribution in [0.5, 0.6) is 0 Å². The van der Waals surface area contributed by atoms with Gasteiger partial charge in [-0.25, -0.2) is 9.48 Å². The SMILES string of the molecule is Cc1nnnn1CCC(=O)N1CCC2(CC1)C(=O)N(C)C(=O)N2Cc1ccccc1. The van der Waals surface area contributed by atoms with E-state index in [0.29, 0.717) is 51.3 Å². The molecule has 0 bridgehead atoms. The van der Waals surface area contributed by atoms with Gasteiger partial charge in [0.05, 0.1) is 6.54 Å². The van der Waals surface area contributed by atoms with Crippen molar-refractivity contribution < 1.29 is 14.4 Å². The number of aromatic nitrogens is 4. The molecule has 1 aromatic heterocycles. The average molecular weight is 411 g/mol. The summed E-state index contributed by atoms with van der Waals surface area (Å²) in [4.78, 5) is 43.1. The molecule has 0 radical (unpaired) electrons. The number of benzene rings is 1. The molecule has 1 spiro atoms. The second-order valence-electron chi connectivity index (χ2n) is 7.83. The van der Waals surface area contributed by atoms with Crippen molar-refractivity contribution in [3.8, 4) is 0 Å². The number of urea groups is 1. The summed E-state index contributed by atoms with van der Waals surface area (Å²) in [6.07, 6.45) is 1.16. The highest BCUT2D eigenvalue weighted by Gasteiger charge is 2.57. The van der Waals surface area contributed by atoms with Crippen molar-refractivity contribution in [3.05, 3.63) is 41.7 Å². The average Bonchev–Trinajstić information content (AvgIpc) is 3.25. The van der Waals surface area contributed by atoms with Crippen LogP contribution in [0.3, 0.4) is 0 Å². The number of piperidine rings is 1. The molecule has 4 rings (SSSR count). The summed E-state index contributed by atoms with van der Waals surface area (Å²) in [5.74, 6) is 0.481. The van der Waals surface area contributed by atoms with E-state index in [1.165, 1.54) is 11.9 Å². The van der Waals surface area contributed by atoms with Crippen molar-refractivity contribution in [2.24, 2.45) is 0 Å². The molecule has 2 aliphatic rings. The zero-order valence-corrected chi connectivity index (χ0v) is 17.2. The van der Waals surface area contributed by atoms with Gasteiger partial charge in [0.25, 0.3) is 5.91 Å². The monoisotopic (exact) mass is 411 g/mol. The van der Waals surface area contributed by atoms with Crippen LogP contribution in [0.1, 0.15) is 30.7 Å². The van der Waals surface area contributed by atoms with Crippen molar-refractivity contribution in [1.29, 1.82) is 0 Å². The van der Waals surface area contributed by atoms with Gasteiger partial charge in [-0.1, -0.05) is 30.3 Å². The molecule has 2 aliphatic heterocycles. The molecule has 4 amide bonds. The Hall–Kier alpha value is -3.30. The molecule has 0 N–H and O–H groups in total. The first-order chi connectivity index (χ1) is 14.4. The Morgan fingerprint density at radius 3 is 2.47 bits per heavy atom. The molecular formula is C20H25N7O3. The molecule has 158 valence electrons. The summed E-state index contributed by atoms with van der Waals surface area (Å²) < 4.78 is 1.60. The normalized spacial score (nSPS) is 18.5. The molecule has 0 unspecified atom stereocenters. The maximum Gasteiger partial charge on any atom is 0.327 e. The lowest BCUT2D eigenvalue weighted by molar-refractivity contribution is -0.140. The number of imide groups is 1. The van der Waals surface area contributed by atoms with Gasteiger partial charge in [-0.2, -0.15) is 0 Å². The van der Waals surface area contributed by atoms with Crippen LogP contribution in [-0.4, -0.2) is 78.4 Å². The largest absolute Gasteiger partial charge is 0.342 e. The first-order valence-electron chi connectivity index (χ1n) is 10.1. The zero-order chi connectivity index (χ0) is 21.3. The van der Waals surface area contributed by atoms with Gasteiger partial charge in [-0.15, -0.1) is 5.10 Å². The Balaban J connectivity index is 1.44. The molecule has 1 aromatic carbocycles. The summed E-state index contributed by atoms with van der Waals surface area (Å²) in [5, 5.41) is 11.3. The molecule has 30 heavy (non-hydrogen) atoms. The molecule has 2 fully saturated rings. The van der Waals surface area contributed by atoms with Crippen molar-refractivity contribution in [2.75, 3.05) is 20.1 Å². The van der Waals surface area contributed by atoms with Gasteiger partial charge in [0.1, 0.15) is 11.4 Å². The number of amides is 4. The lowest BCUT2D eigenvalue weighted by Gasteiger charge is -2.42. The van der Waals surface area contributed by atoms with Crippen LogP contribution in [0, 0.1) is 6.92 Å². The number of aryl methyl sites for hydroxylation is 2. The maximum atomic E-state index is 13.0. The smallest absolute Gasteiger partial charge is 0.327 e. The number of carbonyl (C=O) groups is 3. The highest BCUT2D eigenvalue weighted by molar-refractivity contribution is 6.06. The Morgan fingerprint density at radius 1 is 1.13 bits per heavy atom. The fraction of sp³-hybridized carbons (Fsp3) is 0.500. The van der Waals surface area contributed by atoms with Gasteiger partial charge in [0.2, 0.25) is 5.91 Å². The molecule has 2 saturated heterocycles. The topological polar surface area (TPSA) is 105 Å². The number of nitrogens with zero attached hydrogens (tertiary/aromatic N) is 7. The minimum absolute atomic E-state index is 0.000476. The van der Waals surface area contributed by atoms with Crippen molar-refractivity contribution in [3.63, 3.8) is 0 Å². The van der Waals surface area contributed by atoms with E-state index in [1.807, 2.05) is 30.3 Å². The van der Waals surface area contributed by atoms with Crippen LogP contribution in [0.25, 0.3) is 0 Å². The third-order valence-electron chi connectivity index (χ3n) is 6.11. The molecule has 0 saturated carbocycles. The van der Waals surface area contributed by atoms with Crippen molar-refractivity contribution in [2.45, 2.75) is 44.8 Å². The standard InChI is InChI=1S/C20H25N7O3/c1-15-21-22-23-27(15)11-8-17(28)25-12-9-20(10-13-25)18(29)24(2)19(30)26(20)14-16-6-4-3-5-7-16/h3-7H,8-14H2,1-2H3. The van der Waals surface area contributed by atoms with Gasteiger partial charge in [-0.3, -0.25) is 14.5 Å². The third-order valence-corrected chi connectivity index (χ3v) is 6.11. The van der Waals surface area contributed by atoms with E-state index < -0.39 is 5.54 Å². The third kappa shape index (κ3) is 3.42. The van der Waals surface area contributed by atoms with Gasteiger partial charge >= 0.3 is 6.03 Å². The summed E-state index contributed by atoms with van der Waals surface area (Å²) in [6.45, 7) is 3.45. The zero-order valence-electron chi connectivity index (χ0n) is 17.2. The Labute approximate surface area is 174 Å². The van der Waals surface area contributed by atoms with E-state index in [9.17, 15) is 14.4 Å². The highest BCUT2D eigenvalue weighted by atomic mass is 16.2. The van der Waals surface area contributed by atoms with E-state index in [0.717, 1.165) is 5.56 Å². The minimum Gasteiger partial charge on any atom is -0.342 e. The molecule has 2 aromatic rings. The number of carbonyl (C=O) groups excluding carboxylic acids is 3. The van der Waals surface area contributed by atoms with E-state index in [-0.39, 0.29) is 17.8 Å². The van der Waals surface area contributed by atoms with E-state index >= 15 is 0 Å². The lowest BCUT2D eigenvalue weighted by atomic mass is 9.85. The molecule has 0 atom stereocenters. The van der Waals surface area contributed by atoms with Gasteiger partial charge in [0.15, 0.2) is 0 Å². The highest BCUT2D eigenvalue weighted by Crippen LogP contribution is 2.38. The van der Waals surface area contributed by atoms with Crippen LogP contribution < -0.4 is 0 Å². The number of hydrogen-bond acceptors (Lipinski definition) is 6. The van der Waals surface area contributed by atoms with Crippen LogP contribution in [-0.2, 0) is 22.7 Å². The molecule has 10 heteroatoms. The quantitative estimate of drug-likeness (QED) is 0.675. The van der Waals surface area contributed by atoms with Crippen LogP contribution >= 0.6 is 0 Å². The number of likely N-dealkylation sites (N-methyl/N-ethyl adjacent to an activating group) is 1. The molecule has 0 aliphatic carbocycles. The maximum absolute atomic E-state index is 13.0. The van der Waals surface area contributed by atoms with E-state index in [2.05, 4.69) is 15.5 Å². The molecule has 10 nitrogen and oxygen atoms in total. The second kappa shape index (κ2) is 7.85. The number of likely N-dealkylation sites (tertiary alicyclic amines) is 1. The lowest BCUT2D eigenvalue weighted by Crippen LogP contribution is -2.57. The first-order valence-corrected chi connectivity index (χ1v) is 10.1. The van der Waals surface area contributed by atoms with Crippen LogP contribution in [0.15, 0.2) is 30.3 Å². The predicted molar refractivity (Wildman–Crippen MR) is 106 cm³/mol. The summed E-state index contributed by atoms with van der Waals surface area (Å²) >= 11 is 0. The van der Waals surface area contributed by atoms with Gasteiger partial charge in [-0.05, 0) is 35.8 Å². The van der Waals surface area contributed by atoms with E-state index in [4.69, 9.17) is 0 Å². The summed E-state index contributed by atoms with van der Waals surface area (Å²) in [5.41, 5.74) is 0.0915. The van der Waals surface area contributed by atoms with Crippen molar-refractivity contribution in [1.82, 2.24) is 34.9 Å². The summed E-state index contributed by atoms with van der Waals surface area (Å²) in [7, 11) is 1.53. The number of tetrazole rings is 1. The van der Waals surface area contributed by atoms with Gasteiger partial charge < -0.3 is 9.80 Å². The number of rotatable bonds is 5. The number of hydrogen-bond donors (Lipinski definition) is 0. The molecule has 3 heterocycles. The Kier molecular flexibility index (Phi) is 5.23.